The molecule has 0 amide bonds. The van der Waals surface area contributed by atoms with Gasteiger partial charge in [-0.1, -0.05) is 17.7 Å². The smallest absolute Gasteiger partial charge is 0.237 e. The lowest BCUT2D eigenvalue weighted by Gasteiger charge is -2.01. The molecule has 0 spiro atoms. The lowest BCUT2D eigenvalue weighted by molar-refractivity contribution is 0.617. The van der Waals surface area contributed by atoms with Crippen molar-refractivity contribution in [2.45, 2.75) is 13.8 Å². The van der Waals surface area contributed by atoms with E-state index in [0.717, 1.165) is 11.1 Å². The summed E-state index contributed by atoms with van der Waals surface area (Å²) in [4.78, 5) is 4.52. The van der Waals surface area contributed by atoms with Crippen molar-refractivity contribution in [1.82, 2.24) is 4.98 Å². The summed E-state index contributed by atoms with van der Waals surface area (Å²) in [5.41, 5.74) is 7.41. The van der Waals surface area contributed by atoms with E-state index in [1.54, 1.807) is 18.2 Å². The van der Waals surface area contributed by atoms with Gasteiger partial charge >= 0.3 is 0 Å². The number of nitrogens with zero attached hydrogens (tertiary/aromatic N) is 4. The van der Waals surface area contributed by atoms with Crippen LogP contribution < -0.4 is 5.43 Å². The van der Waals surface area contributed by atoms with Crippen molar-refractivity contribution < 1.29 is 4.42 Å². The van der Waals surface area contributed by atoms with Crippen LogP contribution in [0.4, 0.5) is 5.69 Å². The highest BCUT2D eigenvalue weighted by molar-refractivity contribution is 6.10. The molecule has 0 fully saturated rings. The first-order chi connectivity index (χ1) is 11.6. The highest BCUT2D eigenvalue weighted by atomic mass is 16.3. The van der Waals surface area contributed by atoms with E-state index >= 15 is 0 Å². The Labute approximate surface area is 138 Å². The van der Waals surface area contributed by atoms with Crippen molar-refractivity contribution >= 4 is 22.5 Å². The first kappa shape index (κ1) is 15.3. The SMILES string of the molecule is Cc1ccc(-c2nc3cc(NN=C(C#N)C#N)cc(C)c3o2)cc1. The van der Waals surface area contributed by atoms with Gasteiger partial charge in [-0.25, -0.2) is 4.98 Å². The molecule has 0 atom stereocenters. The van der Waals surface area contributed by atoms with Gasteiger partial charge in [0.05, 0.1) is 5.69 Å². The van der Waals surface area contributed by atoms with Gasteiger partial charge in [-0.15, -0.1) is 0 Å². The third kappa shape index (κ3) is 2.94. The maximum atomic E-state index is 8.71. The Kier molecular flexibility index (Phi) is 3.96. The maximum Gasteiger partial charge on any atom is 0.237 e. The number of hydrogen-bond donors (Lipinski definition) is 1. The molecule has 6 heteroatoms. The van der Waals surface area contributed by atoms with E-state index in [2.05, 4.69) is 15.5 Å². The molecule has 0 aliphatic heterocycles. The molecule has 1 heterocycles. The summed E-state index contributed by atoms with van der Waals surface area (Å²) in [6.45, 7) is 3.92. The molecule has 1 aromatic heterocycles. The van der Waals surface area contributed by atoms with Crippen LogP contribution in [0, 0.1) is 36.5 Å². The summed E-state index contributed by atoms with van der Waals surface area (Å²) in [6.07, 6.45) is 0. The molecule has 6 nitrogen and oxygen atoms in total. The number of oxazole rings is 1. The Bertz CT molecular complexity index is 1000. The average Bonchev–Trinajstić information content (AvgIpc) is 3.01. The number of nitrogens with one attached hydrogen (secondary N) is 1. The molecule has 0 unspecified atom stereocenters. The molecule has 1 N–H and O–H groups in total. The highest BCUT2D eigenvalue weighted by Gasteiger charge is 2.11. The molecule has 0 saturated heterocycles. The van der Waals surface area contributed by atoms with Gasteiger partial charge in [0.1, 0.15) is 17.7 Å². The number of aryl methyl sites for hydroxylation is 2. The monoisotopic (exact) mass is 315 g/mol. The Morgan fingerprint density at radius 3 is 2.50 bits per heavy atom. The molecule has 0 aliphatic carbocycles. The fourth-order valence-electron chi connectivity index (χ4n) is 2.28. The molecule has 0 aliphatic rings. The zero-order valence-corrected chi connectivity index (χ0v) is 13.2. The summed E-state index contributed by atoms with van der Waals surface area (Å²) in [5.74, 6) is 0.545. The second kappa shape index (κ2) is 6.23. The zero-order valence-electron chi connectivity index (χ0n) is 13.2. The zero-order chi connectivity index (χ0) is 17.1. The predicted octanol–water partition coefficient (Wildman–Crippen LogP) is 3.93. The number of anilines is 1. The lowest BCUT2D eigenvalue weighted by Crippen LogP contribution is -1.96. The fourth-order valence-corrected chi connectivity index (χ4v) is 2.28. The van der Waals surface area contributed by atoms with E-state index in [-0.39, 0.29) is 5.71 Å². The third-order valence-electron chi connectivity index (χ3n) is 3.48. The summed E-state index contributed by atoms with van der Waals surface area (Å²) in [5, 5.41) is 21.2. The van der Waals surface area contributed by atoms with E-state index in [1.807, 2.05) is 44.2 Å². The average molecular weight is 315 g/mol. The topological polar surface area (TPSA) is 98.0 Å². The predicted molar refractivity (Wildman–Crippen MR) is 91.2 cm³/mol. The number of rotatable bonds is 3. The molecule has 2 aromatic carbocycles. The van der Waals surface area contributed by atoms with Crippen LogP contribution in [-0.2, 0) is 0 Å². The molecule has 0 saturated carbocycles. The summed E-state index contributed by atoms with van der Waals surface area (Å²) >= 11 is 0. The molecule has 116 valence electrons. The van der Waals surface area contributed by atoms with E-state index < -0.39 is 0 Å². The molecule has 3 rings (SSSR count). The van der Waals surface area contributed by atoms with Gasteiger partial charge in [0.2, 0.25) is 11.6 Å². The molecule has 3 aromatic rings. The first-order valence-electron chi connectivity index (χ1n) is 7.23. The van der Waals surface area contributed by atoms with Gasteiger partial charge in [-0.2, -0.15) is 15.6 Å². The highest BCUT2D eigenvalue weighted by Crippen LogP contribution is 2.29. The second-order valence-electron chi connectivity index (χ2n) is 5.32. The Morgan fingerprint density at radius 2 is 1.83 bits per heavy atom. The van der Waals surface area contributed by atoms with E-state index in [4.69, 9.17) is 14.9 Å². The summed E-state index contributed by atoms with van der Waals surface area (Å²) in [7, 11) is 0. The number of fused-ring (bicyclic) bond motifs is 1. The number of aromatic nitrogens is 1. The van der Waals surface area contributed by atoms with Crippen molar-refractivity contribution in [2.75, 3.05) is 5.43 Å². The summed E-state index contributed by atoms with van der Waals surface area (Å²) in [6, 6.07) is 14.9. The van der Waals surface area contributed by atoms with Gasteiger partial charge in [0.25, 0.3) is 0 Å². The van der Waals surface area contributed by atoms with Gasteiger partial charge in [0.15, 0.2) is 5.58 Å². The number of hydrogen-bond acceptors (Lipinski definition) is 6. The van der Waals surface area contributed by atoms with Gasteiger partial charge < -0.3 is 4.42 Å². The third-order valence-corrected chi connectivity index (χ3v) is 3.48. The van der Waals surface area contributed by atoms with E-state index in [9.17, 15) is 0 Å². The molecular formula is C18H13N5O. The van der Waals surface area contributed by atoms with E-state index in [1.165, 1.54) is 5.56 Å². The summed E-state index contributed by atoms with van der Waals surface area (Å²) < 4.78 is 5.87. The molecular weight excluding hydrogens is 302 g/mol. The fraction of sp³-hybridized carbons (Fsp3) is 0.111. The van der Waals surface area contributed by atoms with Crippen molar-refractivity contribution in [3.05, 3.63) is 47.5 Å². The van der Waals surface area contributed by atoms with Gasteiger partial charge in [0, 0.05) is 5.56 Å². The van der Waals surface area contributed by atoms with Gasteiger partial charge in [-0.05, 0) is 43.7 Å². The minimum atomic E-state index is -0.242. The van der Waals surface area contributed by atoms with Crippen molar-refractivity contribution in [2.24, 2.45) is 5.10 Å². The van der Waals surface area contributed by atoms with Crippen molar-refractivity contribution in [3.63, 3.8) is 0 Å². The number of nitriles is 2. The molecule has 0 bridgehead atoms. The largest absolute Gasteiger partial charge is 0.436 e. The van der Waals surface area contributed by atoms with Crippen LogP contribution >= 0.6 is 0 Å². The Hall–Kier alpha value is -3.64. The number of hydrazone groups is 1. The first-order valence-corrected chi connectivity index (χ1v) is 7.23. The normalized spacial score (nSPS) is 10.0. The van der Waals surface area contributed by atoms with Crippen LogP contribution in [0.1, 0.15) is 11.1 Å². The van der Waals surface area contributed by atoms with E-state index in [0.29, 0.717) is 22.7 Å². The molecule has 24 heavy (non-hydrogen) atoms. The molecule has 0 radical (unpaired) electrons. The van der Waals surface area contributed by atoms with Crippen LogP contribution in [0.25, 0.3) is 22.6 Å². The second-order valence-corrected chi connectivity index (χ2v) is 5.32. The lowest BCUT2D eigenvalue weighted by atomic mass is 10.1. The van der Waals surface area contributed by atoms with Gasteiger partial charge in [-0.3, -0.25) is 5.43 Å². The Balaban J connectivity index is 2.00. The van der Waals surface area contributed by atoms with Crippen LogP contribution in [0.5, 0.6) is 0 Å². The van der Waals surface area contributed by atoms with Crippen molar-refractivity contribution in [3.8, 4) is 23.6 Å². The number of benzene rings is 2. The van der Waals surface area contributed by atoms with Crippen molar-refractivity contribution in [1.29, 1.82) is 10.5 Å². The van der Waals surface area contributed by atoms with Crippen LogP contribution in [-0.4, -0.2) is 10.7 Å². The minimum absolute atomic E-state index is 0.242. The van der Waals surface area contributed by atoms with Crippen LogP contribution in [0.15, 0.2) is 45.9 Å². The maximum absolute atomic E-state index is 8.71. The minimum Gasteiger partial charge on any atom is -0.436 e. The Morgan fingerprint density at radius 1 is 1.12 bits per heavy atom. The standard InChI is InChI=1S/C18H13N5O/c1-11-3-5-13(6-4-11)18-21-16-8-14(7-12(2)17(16)24-18)22-23-15(9-19)10-20/h3-8,22H,1-2H3. The van der Waals surface area contributed by atoms with Crippen LogP contribution in [0.3, 0.4) is 0 Å². The quantitative estimate of drug-likeness (QED) is 0.583. The van der Waals surface area contributed by atoms with Crippen LogP contribution in [0.2, 0.25) is 0 Å².